The number of likely N-dealkylation sites (tertiary alicyclic amines) is 2. The van der Waals surface area contributed by atoms with Crippen LogP contribution in [0.2, 0.25) is 0 Å². The first kappa shape index (κ1) is 19.3. The molecule has 2 aliphatic heterocycles. The van der Waals surface area contributed by atoms with E-state index in [9.17, 15) is 19.2 Å². The van der Waals surface area contributed by atoms with Crippen LogP contribution in [0.5, 0.6) is 0 Å². The molecule has 2 saturated heterocycles. The lowest BCUT2D eigenvalue weighted by molar-refractivity contribution is -0.139. The predicted molar refractivity (Wildman–Crippen MR) is 99.6 cm³/mol. The minimum absolute atomic E-state index is 0.0112. The summed E-state index contributed by atoms with van der Waals surface area (Å²) in [6, 6.07) is 1.12. The summed E-state index contributed by atoms with van der Waals surface area (Å²) in [6.07, 6.45) is 3.07. The van der Waals surface area contributed by atoms with Crippen molar-refractivity contribution in [3.05, 3.63) is 32.6 Å². The van der Waals surface area contributed by atoms with Crippen LogP contribution in [0.3, 0.4) is 0 Å². The quantitative estimate of drug-likeness (QED) is 0.733. The number of amides is 2. The smallest absolute Gasteiger partial charge is 0.326 e. The number of hydrogen-bond donors (Lipinski definition) is 2. The Morgan fingerprint density at radius 3 is 2.67 bits per heavy atom. The van der Waals surface area contributed by atoms with Crippen LogP contribution in [0.1, 0.15) is 36.2 Å². The molecule has 1 atom stereocenters. The molecule has 148 valence electrons. The van der Waals surface area contributed by atoms with Gasteiger partial charge in [0.1, 0.15) is 5.69 Å². The highest BCUT2D eigenvalue weighted by atomic mass is 16.2. The first-order valence-corrected chi connectivity index (χ1v) is 9.33. The summed E-state index contributed by atoms with van der Waals surface area (Å²) in [5.41, 5.74) is -1.38. The van der Waals surface area contributed by atoms with Gasteiger partial charge in [0.2, 0.25) is 5.91 Å². The van der Waals surface area contributed by atoms with Crippen LogP contribution in [0.15, 0.2) is 15.7 Å². The van der Waals surface area contributed by atoms with Gasteiger partial charge in [0.15, 0.2) is 0 Å². The van der Waals surface area contributed by atoms with Gasteiger partial charge >= 0.3 is 5.69 Å². The minimum Gasteiger partial charge on any atom is -0.341 e. The summed E-state index contributed by atoms with van der Waals surface area (Å²) in [7, 11) is 3.96. The molecule has 0 saturated carbocycles. The average molecular weight is 377 g/mol. The van der Waals surface area contributed by atoms with Crippen LogP contribution >= 0.6 is 0 Å². The molecule has 9 nitrogen and oxygen atoms in total. The molecule has 0 radical (unpaired) electrons. The zero-order chi connectivity index (χ0) is 19.6. The third kappa shape index (κ3) is 4.47. The molecule has 0 aromatic carbocycles. The van der Waals surface area contributed by atoms with Crippen molar-refractivity contribution in [1.82, 2.24) is 24.7 Å². The fraction of sp³-hybridized carbons (Fsp3) is 0.667. The van der Waals surface area contributed by atoms with Gasteiger partial charge in [-0.25, -0.2) is 4.79 Å². The molecule has 1 spiro atoms. The van der Waals surface area contributed by atoms with Gasteiger partial charge in [0.25, 0.3) is 11.5 Å². The molecule has 9 heteroatoms. The first-order valence-electron chi connectivity index (χ1n) is 9.33. The lowest BCUT2D eigenvalue weighted by Gasteiger charge is -2.48. The molecule has 0 bridgehead atoms. The average Bonchev–Trinajstić information content (AvgIpc) is 2.61. The number of piperidine rings is 2. The lowest BCUT2D eigenvalue weighted by atomic mass is 9.73. The Bertz CT molecular complexity index is 801. The standard InChI is InChI=1S/C18H27N5O4/c1-21(2)8-9-22-11-18(6-4-15(22)25)5-3-7-23(12-18)16(26)13-10-14(24)20-17(27)19-13/h10H,3-9,11-12H2,1-2H3,(H2,19,20,24,27). The fourth-order valence-corrected chi connectivity index (χ4v) is 4.10. The Balaban J connectivity index is 1.74. The van der Waals surface area contributed by atoms with Crippen molar-refractivity contribution in [1.29, 1.82) is 0 Å². The highest BCUT2D eigenvalue weighted by Crippen LogP contribution is 2.39. The number of rotatable bonds is 4. The molecular formula is C18H27N5O4. The molecule has 2 N–H and O–H groups in total. The van der Waals surface area contributed by atoms with Crippen LogP contribution in [-0.4, -0.2) is 83.3 Å². The molecule has 2 aliphatic rings. The molecule has 3 heterocycles. The molecule has 27 heavy (non-hydrogen) atoms. The highest BCUT2D eigenvalue weighted by Gasteiger charge is 2.42. The third-order valence-electron chi connectivity index (χ3n) is 5.50. The number of H-pyrrole nitrogens is 2. The summed E-state index contributed by atoms with van der Waals surface area (Å²) in [5, 5.41) is 0. The molecule has 1 unspecified atom stereocenters. The van der Waals surface area contributed by atoms with Gasteiger partial charge < -0.3 is 19.7 Å². The lowest BCUT2D eigenvalue weighted by Crippen LogP contribution is -2.56. The second-order valence-corrected chi connectivity index (χ2v) is 7.95. The van der Waals surface area contributed by atoms with Crippen LogP contribution in [-0.2, 0) is 4.79 Å². The minimum atomic E-state index is -0.685. The van der Waals surface area contributed by atoms with Gasteiger partial charge in [-0.3, -0.25) is 19.4 Å². The number of carbonyl (C=O) groups excluding carboxylic acids is 2. The van der Waals surface area contributed by atoms with Crippen LogP contribution in [0.25, 0.3) is 0 Å². The Hall–Kier alpha value is -2.42. The number of nitrogens with zero attached hydrogens (tertiary/aromatic N) is 3. The number of nitrogens with one attached hydrogen (secondary N) is 2. The van der Waals surface area contributed by atoms with E-state index in [-0.39, 0.29) is 22.9 Å². The number of likely N-dealkylation sites (N-methyl/N-ethyl adjacent to an activating group) is 1. The molecule has 2 fully saturated rings. The maximum Gasteiger partial charge on any atom is 0.326 e. The Morgan fingerprint density at radius 1 is 1.19 bits per heavy atom. The second-order valence-electron chi connectivity index (χ2n) is 7.95. The largest absolute Gasteiger partial charge is 0.341 e. The Morgan fingerprint density at radius 2 is 1.96 bits per heavy atom. The van der Waals surface area contributed by atoms with E-state index in [1.165, 1.54) is 0 Å². The van der Waals surface area contributed by atoms with Crippen molar-refractivity contribution in [2.24, 2.45) is 5.41 Å². The normalized spacial score (nSPS) is 23.3. The summed E-state index contributed by atoms with van der Waals surface area (Å²) >= 11 is 0. The summed E-state index contributed by atoms with van der Waals surface area (Å²) < 4.78 is 0. The van der Waals surface area contributed by atoms with Crippen molar-refractivity contribution in [3.8, 4) is 0 Å². The van der Waals surface area contributed by atoms with Gasteiger partial charge in [-0.05, 0) is 33.4 Å². The molecule has 0 aliphatic carbocycles. The SMILES string of the molecule is CN(C)CCN1CC2(CCCN(C(=O)c3cc(=O)[nH]c(=O)[nH]3)C2)CCC1=O. The topological polar surface area (TPSA) is 110 Å². The Kier molecular flexibility index (Phi) is 5.50. The summed E-state index contributed by atoms with van der Waals surface area (Å²) in [4.78, 5) is 58.2. The zero-order valence-electron chi connectivity index (χ0n) is 15.9. The van der Waals surface area contributed by atoms with E-state index in [0.717, 1.165) is 31.9 Å². The number of aromatic amines is 2. The Labute approximate surface area is 157 Å². The van der Waals surface area contributed by atoms with E-state index < -0.39 is 11.2 Å². The van der Waals surface area contributed by atoms with Crippen LogP contribution in [0, 0.1) is 5.41 Å². The van der Waals surface area contributed by atoms with Crippen molar-refractivity contribution >= 4 is 11.8 Å². The third-order valence-corrected chi connectivity index (χ3v) is 5.50. The second kappa shape index (κ2) is 7.67. The van der Waals surface area contributed by atoms with Gasteiger partial charge in [0, 0.05) is 50.6 Å². The summed E-state index contributed by atoms with van der Waals surface area (Å²) in [5.74, 6) is -0.168. The first-order chi connectivity index (χ1) is 12.8. The van der Waals surface area contributed by atoms with Crippen molar-refractivity contribution in [2.75, 3.05) is 46.8 Å². The molecular weight excluding hydrogens is 350 g/mol. The molecule has 1 aromatic heterocycles. The zero-order valence-corrected chi connectivity index (χ0v) is 15.9. The van der Waals surface area contributed by atoms with Crippen LogP contribution < -0.4 is 11.2 Å². The van der Waals surface area contributed by atoms with E-state index in [2.05, 4.69) is 14.9 Å². The van der Waals surface area contributed by atoms with Gasteiger partial charge in [0.05, 0.1) is 0 Å². The molecule has 1 aromatic rings. The predicted octanol–water partition coefficient (Wildman–Crippen LogP) is -0.530. The van der Waals surface area contributed by atoms with Crippen molar-refractivity contribution < 1.29 is 9.59 Å². The van der Waals surface area contributed by atoms with E-state index in [1.807, 2.05) is 19.0 Å². The van der Waals surface area contributed by atoms with E-state index >= 15 is 0 Å². The summed E-state index contributed by atoms with van der Waals surface area (Å²) in [6.45, 7) is 3.25. The maximum atomic E-state index is 12.8. The highest BCUT2D eigenvalue weighted by molar-refractivity contribution is 5.92. The van der Waals surface area contributed by atoms with E-state index in [1.54, 1.807) is 4.90 Å². The fourth-order valence-electron chi connectivity index (χ4n) is 4.10. The van der Waals surface area contributed by atoms with E-state index in [0.29, 0.717) is 32.6 Å². The van der Waals surface area contributed by atoms with E-state index in [4.69, 9.17) is 0 Å². The monoisotopic (exact) mass is 377 g/mol. The van der Waals surface area contributed by atoms with Gasteiger partial charge in [-0.1, -0.05) is 0 Å². The van der Waals surface area contributed by atoms with Gasteiger partial charge in [-0.15, -0.1) is 0 Å². The van der Waals surface area contributed by atoms with Crippen molar-refractivity contribution in [3.63, 3.8) is 0 Å². The van der Waals surface area contributed by atoms with Crippen LogP contribution in [0.4, 0.5) is 0 Å². The maximum absolute atomic E-state index is 12.8. The number of aromatic nitrogens is 2. The van der Waals surface area contributed by atoms with Crippen molar-refractivity contribution in [2.45, 2.75) is 25.7 Å². The number of hydrogen-bond acceptors (Lipinski definition) is 5. The van der Waals surface area contributed by atoms with Gasteiger partial charge in [-0.2, -0.15) is 0 Å². The molecule has 2 amide bonds. The molecule has 3 rings (SSSR count). The number of carbonyl (C=O) groups is 2.